The first-order valence-corrected chi connectivity index (χ1v) is 9.06. The minimum atomic E-state index is -0.0822. The fourth-order valence-corrected chi connectivity index (χ4v) is 3.81. The van der Waals surface area contributed by atoms with Gasteiger partial charge in [-0.05, 0) is 30.9 Å². The van der Waals surface area contributed by atoms with Crippen LogP contribution >= 0.6 is 46.5 Å². The van der Waals surface area contributed by atoms with Gasteiger partial charge >= 0.3 is 0 Å². The van der Waals surface area contributed by atoms with Gasteiger partial charge in [0, 0.05) is 10.7 Å². The predicted octanol–water partition coefficient (Wildman–Crippen LogP) is 3.95. The van der Waals surface area contributed by atoms with Crippen molar-refractivity contribution in [3.63, 3.8) is 0 Å². The lowest BCUT2D eigenvalue weighted by molar-refractivity contribution is -0.113. The number of hydrogen-bond donors (Lipinski definition) is 1. The van der Waals surface area contributed by atoms with Crippen molar-refractivity contribution in [3.05, 3.63) is 28.8 Å². The average molecular weight is 346 g/mol. The number of amides is 1. The van der Waals surface area contributed by atoms with Gasteiger partial charge in [-0.15, -0.1) is 10.2 Å². The summed E-state index contributed by atoms with van der Waals surface area (Å²) in [6, 6.07) is 5.45. The number of anilines is 1. The van der Waals surface area contributed by atoms with Gasteiger partial charge in [0.1, 0.15) is 0 Å². The van der Waals surface area contributed by atoms with E-state index < -0.39 is 0 Å². The van der Waals surface area contributed by atoms with Crippen molar-refractivity contribution in [2.45, 2.75) is 15.6 Å². The van der Waals surface area contributed by atoms with E-state index in [1.807, 2.05) is 25.3 Å². The Morgan fingerprint density at radius 2 is 2.15 bits per heavy atom. The number of nitrogens with zero attached hydrogens (tertiary/aromatic N) is 2. The van der Waals surface area contributed by atoms with Crippen molar-refractivity contribution in [1.82, 2.24) is 10.2 Å². The molecule has 4 nitrogen and oxygen atoms in total. The van der Waals surface area contributed by atoms with E-state index in [9.17, 15) is 4.79 Å². The number of nitrogens with one attached hydrogen (secondary N) is 1. The third-order valence-electron chi connectivity index (χ3n) is 2.43. The zero-order chi connectivity index (χ0) is 14.5. The first kappa shape index (κ1) is 15.6. The highest BCUT2D eigenvalue weighted by Crippen LogP contribution is 2.28. The smallest absolute Gasteiger partial charge is 0.234 e. The van der Waals surface area contributed by atoms with E-state index in [-0.39, 0.29) is 5.91 Å². The minimum Gasteiger partial charge on any atom is -0.325 e. The monoisotopic (exact) mass is 345 g/mol. The second-order valence-corrected chi connectivity index (χ2v) is 7.45. The van der Waals surface area contributed by atoms with Gasteiger partial charge in [0.25, 0.3) is 0 Å². The molecule has 106 valence electrons. The molecule has 0 bridgehead atoms. The van der Waals surface area contributed by atoms with E-state index in [2.05, 4.69) is 15.5 Å². The maximum absolute atomic E-state index is 11.9. The fourth-order valence-electron chi connectivity index (χ4n) is 1.39. The van der Waals surface area contributed by atoms with Crippen LogP contribution in [-0.4, -0.2) is 28.1 Å². The maximum atomic E-state index is 11.9. The number of hydrogen-bond acceptors (Lipinski definition) is 6. The van der Waals surface area contributed by atoms with Crippen molar-refractivity contribution in [3.8, 4) is 0 Å². The van der Waals surface area contributed by atoms with Gasteiger partial charge in [-0.1, -0.05) is 52.5 Å². The van der Waals surface area contributed by atoms with Crippen LogP contribution in [0.5, 0.6) is 0 Å². The number of thioether (sulfide) groups is 2. The van der Waals surface area contributed by atoms with Gasteiger partial charge in [0.2, 0.25) is 5.91 Å². The number of benzene rings is 1. The molecule has 1 aromatic heterocycles. The molecule has 2 rings (SSSR count). The van der Waals surface area contributed by atoms with Crippen LogP contribution in [0, 0.1) is 6.92 Å². The van der Waals surface area contributed by atoms with Crippen LogP contribution in [0.2, 0.25) is 5.02 Å². The summed E-state index contributed by atoms with van der Waals surface area (Å²) in [4.78, 5) is 11.9. The minimum absolute atomic E-state index is 0.0822. The third-order valence-corrected chi connectivity index (χ3v) is 5.87. The Morgan fingerprint density at radius 1 is 1.40 bits per heavy atom. The molecule has 1 heterocycles. The molecule has 8 heteroatoms. The van der Waals surface area contributed by atoms with Crippen LogP contribution in [0.1, 0.15) is 5.56 Å². The molecule has 0 fully saturated rings. The van der Waals surface area contributed by atoms with Crippen molar-refractivity contribution in [1.29, 1.82) is 0 Å². The van der Waals surface area contributed by atoms with Gasteiger partial charge in [0.05, 0.1) is 5.75 Å². The fraction of sp³-hybridized carbons (Fsp3) is 0.250. The summed E-state index contributed by atoms with van der Waals surface area (Å²) >= 11 is 10.4. The highest BCUT2D eigenvalue weighted by atomic mass is 35.5. The molecule has 1 N–H and O–H groups in total. The molecule has 0 unspecified atom stereocenters. The quantitative estimate of drug-likeness (QED) is 0.831. The number of rotatable bonds is 5. The molecular weight excluding hydrogens is 334 g/mol. The lowest BCUT2D eigenvalue weighted by atomic mass is 10.2. The number of carbonyl (C=O) groups is 1. The third kappa shape index (κ3) is 4.12. The largest absolute Gasteiger partial charge is 0.325 e. The SMILES string of the molecule is CSc1nnc(SCC(=O)Nc2cccc(Cl)c2C)s1. The maximum Gasteiger partial charge on any atom is 0.234 e. The first-order valence-electron chi connectivity index (χ1n) is 5.65. The summed E-state index contributed by atoms with van der Waals surface area (Å²) in [5, 5.41) is 11.5. The lowest BCUT2D eigenvalue weighted by Crippen LogP contribution is -2.14. The van der Waals surface area contributed by atoms with Crippen LogP contribution in [-0.2, 0) is 4.79 Å². The number of halogens is 1. The summed E-state index contributed by atoms with van der Waals surface area (Å²) in [6.07, 6.45) is 1.95. The molecule has 0 atom stereocenters. The Labute approximate surface area is 134 Å². The normalized spacial score (nSPS) is 10.6. The van der Waals surface area contributed by atoms with E-state index in [4.69, 9.17) is 11.6 Å². The van der Waals surface area contributed by atoms with Gasteiger partial charge < -0.3 is 5.32 Å². The van der Waals surface area contributed by atoms with Crippen LogP contribution in [0.15, 0.2) is 26.9 Å². The van der Waals surface area contributed by atoms with Crippen LogP contribution in [0.3, 0.4) is 0 Å². The van der Waals surface area contributed by atoms with Crippen molar-refractivity contribution >= 4 is 58.1 Å². The second kappa shape index (κ2) is 7.31. The standard InChI is InChI=1S/C12H12ClN3OS3/c1-7-8(13)4-3-5-9(7)14-10(17)6-19-12-16-15-11(18-2)20-12/h3-5H,6H2,1-2H3,(H,14,17). The van der Waals surface area contributed by atoms with Gasteiger partial charge in [-0.2, -0.15) is 0 Å². The zero-order valence-electron chi connectivity index (χ0n) is 10.8. The first-order chi connectivity index (χ1) is 9.60. The van der Waals surface area contributed by atoms with Crippen molar-refractivity contribution in [2.24, 2.45) is 0 Å². The highest BCUT2D eigenvalue weighted by Gasteiger charge is 2.09. The van der Waals surface area contributed by atoms with Crippen LogP contribution in [0.4, 0.5) is 5.69 Å². The van der Waals surface area contributed by atoms with Gasteiger partial charge in [-0.25, -0.2) is 0 Å². The molecule has 0 aliphatic heterocycles. The molecule has 0 radical (unpaired) electrons. The Balaban J connectivity index is 1.91. The Hall–Kier alpha value is -0.760. The summed E-state index contributed by atoms with van der Waals surface area (Å²) < 4.78 is 1.70. The molecule has 0 aliphatic carbocycles. The van der Waals surface area contributed by atoms with Crippen molar-refractivity contribution < 1.29 is 4.79 Å². The van der Waals surface area contributed by atoms with E-state index in [1.54, 1.807) is 17.8 Å². The van der Waals surface area contributed by atoms with Crippen LogP contribution < -0.4 is 5.32 Å². The van der Waals surface area contributed by atoms with Gasteiger partial charge in [-0.3, -0.25) is 4.79 Å². The Bertz CT molecular complexity index is 618. The Morgan fingerprint density at radius 3 is 2.85 bits per heavy atom. The Kier molecular flexibility index (Phi) is 5.71. The molecule has 0 saturated carbocycles. The zero-order valence-corrected chi connectivity index (χ0v) is 14.0. The molecule has 20 heavy (non-hydrogen) atoms. The number of carbonyl (C=O) groups excluding carboxylic acids is 1. The summed E-state index contributed by atoms with van der Waals surface area (Å²) in [7, 11) is 0. The summed E-state index contributed by atoms with van der Waals surface area (Å²) in [5.41, 5.74) is 1.61. The van der Waals surface area contributed by atoms with Crippen molar-refractivity contribution in [2.75, 3.05) is 17.3 Å². The van der Waals surface area contributed by atoms with Gasteiger partial charge in [0.15, 0.2) is 8.68 Å². The second-order valence-electron chi connectivity index (χ2n) is 3.79. The molecule has 0 saturated heterocycles. The molecule has 2 aromatic rings. The van der Waals surface area contributed by atoms with E-state index in [0.717, 1.165) is 19.9 Å². The lowest BCUT2D eigenvalue weighted by Gasteiger charge is -2.08. The number of aromatic nitrogens is 2. The summed E-state index contributed by atoms with van der Waals surface area (Å²) in [5.74, 6) is 0.218. The topological polar surface area (TPSA) is 54.9 Å². The van der Waals surface area contributed by atoms with E-state index >= 15 is 0 Å². The molecule has 0 spiro atoms. The van der Waals surface area contributed by atoms with Crippen LogP contribution in [0.25, 0.3) is 0 Å². The van der Waals surface area contributed by atoms with E-state index in [0.29, 0.717) is 10.8 Å². The molecule has 1 aromatic carbocycles. The molecule has 0 aliphatic rings. The average Bonchev–Trinajstić information content (AvgIpc) is 2.90. The summed E-state index contributed by atoms with van der Waals surface area (Å²) in [6.45, 7) is 1.88. The van der Waals surface area contributed by atoms with E-state index in [1.165, 1.54) is 23.1 Å². The molecular formula is C12H12ClN3OS3. The highest BCUT2D eigenvalue weighted by molar-refractivity contribution is 8.03. The molecule has 1 amide bonds. The predicted molar refractivity (Wildman–Crippen MR) is 87.2 cm³/mol.